The molecular weight excluding hydrogens is 902 g/mol. The molecule has 0 aliphatic carbocycles. The Balaban J connectivity index is 1.00. The molecule has 5 rings (SSSR count). The number of benzene rings is 1. The molecule has 2 aliphatic heterocycles. The molecule has 1 aromatic carbocycles. The van der Waals surface area contributed by atoms with Crippen LogP contribution in [-0.4, -0.2) is 90.4 Å². The number of pyridine rings is 2. The Morgan fingerprint density at radius 2 is 1.41 bits per heavy atom. The number of hydrogen-bond donors (Lipinski definition) is 1. The van der Waals surface area contributed by atoms with Crippen LogP contribution in [0.2, 0.25) is 0 Å². The van der Waals surface area contributed by atoms with Gasteiger partial charge in [0.25, 0.3) is 5.56 Å². The van der Waals surface area contributed by atoms with Gasteiger partial charge in [0.1, 0.15) is 12.7 Å². The first-order valence-corrected chi connectivity index (χ1v) is 27.5. The Labute approximate surface area is 409 Å². The summed E-state index contributed by atoms with van der Waals surface area (Å²) in [6.45, 7) is 4.73. The van der Waals surface area contributed by atoms with Crippen molar-refractivity contribution in [3.05, 3.63) is 63.4 Å². The Bertz CT molecular complexity index is 2200. The van der Waals surface area contributed by atoms with Gasteiger partial charge in [0.2, 0.25) is 5.60 Å². The fourth-order valence-electron chi connectivity index (χ4n) is 9.10. The van der Waals surface area contributed by atoms with E-state index in [0.29, 0.717) is 67.9 Å². The highest BCUT2D eigenvalue weighted by Gasteiger charge is 2.50. The van der Waals surface area contributed by atoms with Crippen LogP contribution in [0.3, 0.4) is 0 Å². The predicted octanol–water partition coefficient (Wildman–Crippen LogP) is 10.9. The Morgan fingerprint density at radius 3 is 2.04 bits per heavy atom. The van der Waals surface area contributed by atoms with Crippen LogP contribution >= 0.6 is 7.82 Å². The maximum Gasteiger partial charge on any atom is 0.472 e. The number of phosphoric acid groups is 1. The molecule has 3 aromatic rings. The maximum absolute atomic E-state index is 13.9. The standard InChI is InChI=1S/C53H80N3O12P/c1-5-7-8-9-10-11-12-13-14-15-16-17-18-22-27-33-63-38-43(39-66-69(61,62)65-34-32-55(3)4)67-48(57)30-23-20-19-21-24-31-49(58)68-53(6-2)45-36-47-50-42(35-41-28-25-26-29-46(41)54-50)37-56(47)51(59)44(45)40-64-52(53)60/h25-26,28-29,35-36,43H,5-24,27,30-34,37-40H2,1-4H3,(H,61,62)/t43?,53-/m0/s1. The zero-order chi connectivity index (χ0) is 49.5. The topological polar surface area (TPSA) is 182 Å². The van der Waals surface area contributed by atoms with Gasteiger partial charge in [-0.1, -0.05) is 141 Å². The summed E-state index contributed by atoms with van der Waals surface area (Å²) in [4.78, 5) is 70.5. The van der Waals surface area contributed by atoms with E-state index in [1.54, 1.807) is 17.6 Å². The summed E-state index contributed by atoms with van der Waals surface area (Å²) < 4.78 is 47.4. The van der Waals surface area contributed by atoms with Crippen LogP contribution in [0.4, 0.5) is 0 Å². The van der Waals surface area contributed by atoms with Gasteiger partial charge < -0.3 is 33.3 Å². The zero-order valence-electron chi connectivity index (χ0n) is 42.0. The molecule has 4 heterocycles. The highest BCUT2D eigenvalue weighted by atomic mass is 31.2. The molecule has 384 valence electrons. The van der Waals surface area contributed by atoms with Crippen LogP contribution < -0.4 is 5.56 Å². The highest BCUT2D eigenvalue weighted by Crippen LogP contribution is 2.43. The van der Waals surface area contributed by atoms with Crippen molar-refractivity contribution in [3.8, 4) is 11.4 Å². The van der Waals surface area contributed by atoms with E-state index in [0.717, 1.165) is 42.1 Å². The van der Waals surface area contributed by atoms with Gasteiger partial charge in [0.05, 0.1) is 48.8 Å². The molecule has 0 amide bonds. The minimum absolute atomic E-state index is 0.000905. The van der Waals surface area contributed by atoms with Crippen molar-refractivity contribution < 1.29 is 51.8 Å². The number of unbranched alkanes of at least 4 members (excludes halogenated alkanes) is 18. The largest absolute Gasteiger partial charge is 0.472 e. The van der Waals surface area contributed by atoms with Gasteiger partial charge in [-0.05, 0) is 58.0 Å². The molecule has 1 N–H and O–H groups in total. The third-order valence-corrected chi connectivity index (χ3v) is 14.1. The summed E-state index contributed by atoms with van der Waals surface area (Å²) in [7, 11) is -0.726. The van der Waals surface area contributed by atoms with E-state index in [9.17, 15) is 28.6 Å². The fraction of sp³-hybridized carbons (Fsp3) is 0.679. The number of cyclic esters (lactones) is 1. The van der Waals surface area contributed by atoms with Crippen molar-refractivity contribution in [2.45, 2.75) is 186 Å². The second-order valence-electron chi connectivity index (χ2n) is 19.0. The van der Waals surface area contributed by atoms with Crippen molar-refractivity contribution in [1.82, 2.24) is 14.5 Å². The third kappa shape index (κ3) is 17.7. The molecule has 0 saturated carbocycles. The molecule has 69 heavy (non-hydrogen) atoms. The summed E-state index contributed by atoms with van der Waals surface area (Å²) in [6.07, 6.45) is 21.5. The molecule has 2 aromatic heterocycles. The normalized spacial score (nSPS) is 16.5. The van der Waals surface area contributed by atoms with Crippen molar-refractivity contribution in [2.24, 2.45) is 0 Å². The molecule has 16 heteroatoms. The van der Waals surface area contributed by atoms with Gasteiger partial charge in [0.15, 0.2) is 0 Å². The quantitative estimate of drug-likeness (QED) is 0.0197. The number of ether oxygens (including phenoxy) is 4. The van der Waals surface area contributed by atoms with Gasteiger partial charge in [-0.3, -0.25) is 23.4 Å². The van der Waals surface area contributed by atoms with E-state index in [-0.39, 0.29) is 51.2 Å². The van der Waals surface area contributed by atoms with E-state index in [2.05, 4.69) is 6.92 Å². The molecule has 3 atom stereocenters. The van der Waals surface area contributed by atoms with Crippen LogP contribution in [0.25, 0.3) is 22.3 Å². The first-order chi connectivity index (χ1) is 33.4. The SMILES string of the molecule is CCCCCCCCCCCCCCCCCOCC(COP(=O)(O)OCCN(C)C)OC(=O)CCCCCCCC(=O)O[C@]1(CC)C(=O)OCc2c1cc1n(c2=O)Cc2cc3ccccc3nc2-1. The first kappa shape index (κ1) is 55.9. The monoisotopic (exact) mass is 982 g/mol. The van der Waals surface area contributed by atoms with Crippen molar-refractivity contribution >= 4 is 36.6 Å². The number of carbonyl (C=O) groups excluding carboxylic acids is 3. The van der Waals surface area contributed by atoms with E-state index in [1.807, 2.05) is 49.3 Å². The number of aromatic nitrogens is 2. The molecule has 2 unspecified atom stereocenters. The van der Waals surface area contributed by atoms with Gasteiger partial charge in [-0.25, -0.2) is 14.3 Å². The van der Waals surface area contributed by atoms with E-state index in [4.69, 9.17) is 33.0 Å². The summed E-state index contributed by atoms with van der Waals surface area (Å²) >= 11 is 0. The summed E-state index contributed by atoms with van der Waals surface area (Å²) in [6, 6.07) is 11.5. The van der Waals surface area contributed by atoms with Gasteiger partial charge in [-0.15, -0.1) is 0 Å². The van der Waals surface area contributed by atoms with Crippen LogP contribution in [-0.2, 0) is 65.7 Å². The molecule has 0 radical (unpaired) electrons. The van der Waals surface area contributed by atoms with Crippen LogP contribution in [0, 0.1) is 0 Å². The third-order valence-electron chi connectivity index (χ3n) is 13.1. The molecule has 2 aliphatic rings. The molecule has 0 fully saturated rings. The highest BCUT2D eigenvalue weighted by molar-refractivity contribution is 7.47. The van der Waals surface area contributed by atoms with Gasteiger partial charge in [-0.2, -0.15) is 0 Å². The number of nitrogens with zero attached hydrogens (tertiary/aromatic N) is 3. The zero-order valence-corrected chi connectivity index (χ0v) is 42.9. The summed E-state index contributed by atoms with van der Waals surface area (Å²) in [5, 5.41) is 0.965. The number of esters is 3. The second-order valence-corrected chi connectivity index (χ2v) is 20.5. The smallest absolute Gasteiger partial charge is 0.457 e. The number of para-hydroxylation sites is 1. The van der Waals surface area contributed by atoms with Gasteiger partial charge >= 0.3 is 25.7 Å². The molecular formula is C53H80N3O12P. The molecule has 15 nitrogen and oxygen atoms in total. The van der Waals surface area contributed by atoms with Crippen molar-refractivity contribution in [2.75, 3.05) is 47.1 Å². The average molecular weight is 982 g/mol. The number of fused-ring (bicyclic) bond motifs is 5. The summed E-state index contributed by atoms with van der Waals surface area (Å²) in [5.74, 6) is -1.74. The van der Waals surface area contributed by atoms with Crippen LogP contribution in [0.5, 0.6) is 0 Å². The molecule has 0 bridgehead atoms. The fourth-order valence-corrected chi connectivity index (χ4v) is 9.84. The average Bonchev–Trinajstić information content (AvgIpc) is 3.68. The molecule has 0 spiro atoms. The number of carbonyl (C=O) groups is 3. The second kappa shape index (κ2) is 29.4. The van der Waals surface area contributed by atoms with E-state index >= 15 is 0 Å². The lowest BCUT2D eigenvalue weighted by atomic mass is 9.85. The maximum atomic E-state index is 13.9. The van der Waals surface area contributed by atoms with Crippen LogP contribution in [0.15, 0.2) is 41.2 Å². The summed E-state index contributed by atoms with van der Waals surface area (Å²) in [5.41, 5.74) is 1.51. The minimum Gasteiger partial charge on any atom is -0.457 e. The number of hydrogen-bond acceptors (Lipinski definition) is 13. The van der Waals surface area contributed by atoms with Crippen LogP contribution in [0.1, 0.15) is 178 Å². The first-order valence-electron chi connectivity index (χ1n) is 26.0. The number of phosphoric ester groups is 1. The Hall–Kier alpha value is -3.98. The van der Waals surface area contributed by atoms with E-state index < -0.39 is 37.4 Å². The predicted molar refractivity (Wildman–Crippen MR) is 267 cm³/mol. The lowest BCUT2D eigenvalue weighted by Crippen LogP contribution is -2.47. The number of rotatable bonds is 36. The lowest BCUT2D eigenvalue weighted by molar-refractivity contribution is -0.189. The van der Waals surface area contributed by atoms with E-state index in [1.165, 1.54) is 77.0 Å². The number of likely N-dealkylation sites (N-methyl/N-ethyl adjacent to an activating group) is 1. The van der Waals surface area contributed by atoms with Gasteiger partial charge in [0, 0.05) is 42.5 Å². The van der Waals surface area contributed by atoms with Crippen molar-refractivity contribution in [3.63, 3.8) is 0 Å². The van der Waals surface area contributed by atoms with Crippen molar-refractivity contribution in [1.29, 1.82) is 0 Å². The minimum atomic E-state index is -4.37. The molecule has 0 saturated heterocycles. The Morgan fingerprint density at radius 1 is 0.797 bits per heavy atom. The lowest BCUT2D eigenvalue weighted by Gasteiger charge is -2.35. The Kier molecular flexibility index (Phi) is 23.8.